The summed E-state index contributed by atoms with van der Waals surface area (Å²) in [7, 11) is 0. The zero-order valence-electron chi connectivity index (χ0n) is 11.0. The van der Waals surface area contributed by atoms with E-state index in [1.165, 1.54) is 0 Å². The van der Waals surface area contributed by atoms with Crippen LogP contribution in [0.4, 0.5) is 0 Å². The van der Waals surface area contributed by atoms with Crippen LogP contribution < -0.4 is 0 Å². The van der Waals surface area contributed by atoms with Crippen LogP contribution in [0.2, 0.25) is 0 Å². The van der Waals surface area contributed by atoms with Gasteiger partial charge in [0.15, 0.2) is 5.78 Å². The normalized spacial score (nSPS) is 10.8. The summed E-state index contributed by atoms with van der Waals surface area (Å²) in [6.07, 6.45) is 0. The predicted molar refractivity (Wildman–Crippen MR) is 77.6 cm³/mol. The molecule has 0 fully saturated rings. The van der Waals surface area contributed by atoms with Crippen LogP contribution in [0.5, 0.6) is 0 Å². The molecule has 0 atom stereocenters. The molecule has 0 spiro atoms. The maximum Gasteiger partial charge on any atom is 0.195 e. The van der Waals surface area contributed by atoms with Crippen LogP contribution in [0.1, 0.15) is 27.2 Å². The number of hydrogen-bond acceptors (Lipinski definition) is 1. The Morgan fingerprint density at radius 3 is 2.42 bits per heavy atom. The van der Waals surface area contributed by atoms with Gasteiger partial charge in [-0.05, 0) is 25.5 Å². The van der Waals surface area contributed by atoms with Crippen molar-refractivity contribution in [2.24, 2.45) is 0 Å². The molecular formula is C17H15NO. The van der Waals surface area contributed by atoms with Gasteiger partial charge in [0, 0.05) is 22.2 Å². The smallest absolute Gasteiger partial charge is 0.195 e. The van der Waals surface area contributed by atoms with E-state index in [1.54, 1.807) is 0 Å². The highest BCUT2D eigenvalue weighted by Gasteiger charge is 2.18. The van der Waals surface area contributed by atoms with E-state index in [2.05, 4.69) is 4.98 Å². The molecular weight excluding hydrogens is 234 g/mol. The second-order valence-electron chi connectivity index (χ2n) is 4.81. The molecule has 0 aliphatic rings. The molecule has 3 aromatic rings. The number of para-hydroxylation sites is 1. The van der Waals surface area contributed by atoms with E-state index in [9.17, 15) is 4.79 Å². The highest BCUT2D eigenvalue weighted by Crippen LogP contribution is 2.25. The van der Waals surface area contributed by atoms with Gasteiger partial charge in [0.05, 0.1) is 5.56 Å². The largest absolute Gasteiger partial charge is 0.358 e. The number of nitrogens with one attached hydrogen (secondary N) is 1. The molecule has 2 aromatic carbocycles. The van der Waals surface area contributed by atoms with Gasteiger partial charge in [0.2, 0.25) is 0 Å². The third kappa shape index (κ3) is 1.85. The number of ketones is 1. The van der Waals surface area contributed by atoms with Crippen molar-refractivity contribution in [3.05, 3.63) is 70.9 Å². The van der Waals surface area contributed by atoms with Crippen molar-refractivity contribution in [3.8, 4) is 0 Å². The first-order valence-corrected chi connectivity index (χ1v) is 6.36. The Hall–Kier alpha value is -2.35. The molecule has 19 heavy (non-hydrogen) atoms. The fraction of sp³-hybridized carbons (Fsp3) is 0.118. The standard InChI is InChI=1S/C17H15NO/c1-11-7-3-4-8-13(11)17(19)16-12(2)18-15-10-6-5-9-14(15)16/h3-10,18H,1-2H3. The lowest BCUT2D eigenvalue weighted by Gasteiger charge is -2.04. The van der Waals surface area contributed by atoms with Crippen molar-refractivity contribution < 1.29 is 4.79 Å². The van der Waals surface area contributed by atoms with Crippen LogP contribution in [-0.4, -0.2) is 10.8 Å². The van der Waals surface area contributed by atoms with E-state index in [0.29, 0.717) is 0 Å². The molecule has 1 N–H and O–H groups in total. The monoisotopic (exact) mass is 249 g/mol. The summed E-state index contributed by atoms with van der Waals surface area (Å²) in [5.74, 6) is 0.0908. The van der Waals surface area contributed by atoms with Crippen molar-refractivity contribution in [2.75, 3.05) is 0 Å². The number of rotatable bonds is 2. The zero-order chi connectivity index (χ0) is 13.4. The van der Waals surface area contributed by atoms with Gasteiger partial charge >= 0.3 is 0 Å². The molecule has 0 aliphatic heterocycles. The fourth-order valence-electron chi connectivity index (χ4n) is 2.53. The van der Waals surface area contributed by atoms with Crippen molar-refractivity contribution in [2.45, 2.75) is 13.8 Å². The van der Waals surface area contributed by atoms with Gasteiger partial charge in [-0.25, -0.2) is 0 Å². The average Bonchev–Trinajstić information content (AvgIpc) is 2.74. The van der Waals surface area contributed by atoms with E-state index < -0.39 is 0 Å². The topological polar surface area (TPSA) is 32.9 Å². The maximum atomic E-state index is 12.7. The number of carbonyl (C=O) groups is 1. The molecule has 0 amide bonds. The second kappa shape index (κ2) is 4.39. The van der Waals surface area contributed by atoms with Crippen LogP contribution in [0, 0.1) is 13.8 Å². The van der Waals surface area contributed by atoms with Crippen LogP contribution in [-0.2, 0) is 0 Å². The van der Waals surface area contributed by atoms with Gasteiger partial charge in [0.25, 0.3) is 0 Å². The quantitative estimate of drug-likeness (QED) is 0.684. The van der Waals surface area contributed by atoms with Gasteiger partial charge in [-0.2, -0.15) is 0 Å². The summed E-state index contributed by atoms with van der Waals surface area (Å²) in [6, 6.07) is 15.6. The van der Waals surface area contributed by atoms with Crippen LogP contribution in [0.25, 0.3) is 10.9 Å². The van der Waals surface area contributed by atoms with E-state index in [-0.39, 0.29) is 5.78 Å². The number of hydrogen-bond donors (Lipinski definition) is 1. The molecule has 0 bridgehead atoms. The van der Waals surface area contributed by atoms with E-state index in [4.69, 9.17) is 0 Å². The molecule has 0 radical (unpaired) electrons. The number of carbonyl (C=O) groups excluding carboxylic acids is 1. The van der Waals surface area contributed by atoms with Gasteiger partial charge in [0.1, 0.15) is 0 Å². The first-order valence-electron chi connectivity index (χ1n) is 6.36. The maximum absolute atomic E-state index is 12.7. The summed E-state index contributed by atoms with van der Waals surface area (Å²) >= 11 is 0. The first-order chi connectivity index (χ1) is 9.18. The average molecular weight is 249 g/mol. The highest BCUT2D eigenvalue weighted by molar-refractivity contribution is 6.17. The Balaban J connectivity index is 2.23. The number of fused-ring (bicyclic) bond motifs is 1. The summed E-state index contributed by atoms with van der Waals surface area (Å²) in [5.41, 5.74) is 4.50. The minimum Gasteiger partial charge on any atom is -0.358 e. The molecule has 94 valence electrons. The molecule has 0 unspecified atom stereocenters. The Labute approximate surface area is 112 Å². The van der Waals surface area contributed by atoms with Crippen molar-refractivity contribution >= 4 is 16.7 Å². The highest BCUT2D eigenvalue weighted by atomic mass is 16.1. The number of benzene rings is 2. The van der Waals surface area contributed by atoms with Crippen molar-refractivity contribution in [3.63, 3.8) is 0 Å². The van der Waals surface area contributed by atoms with E-state index >= 15 is 0 Å². The summed E-state index contributed by atoms with van der Waals surface area (Å²) < 4.78 is 0. The predicted octanol–water partition coefficient (Wildman–Crippen LogP) is 4.02. The number of aromatic nitrogens is 1. The van der Waals surface area contributed by atoms with Crippen molar-refractivity contribution in [1.82, 2.24) is 4.98 Å². The first kappa shape index (κ1) is 11.7. The molecule has 3 rings (SSSR count). The lowest BCUT2D eigenvalue weighted by atomic mass is 9.97. The van der Waals surface area contributed by atoms with Crippen molar-refractivity contribution in [1.29, 1.82) is 0 Å². The Bertz CT molecular complexity index is 768. The molecule has 1 aromatic heterocycles. The zero-order valence-corrected chi connectivity index (χ0v) is 11.0. The lowest BCUT2D eigenvalue weighted by Crippen LogP contribution is -2.04. The summed E-state index contributed by atoms with van der Waals surface area (Å²) in [6.45, 7) is 3.92. The molecule has 2 heteroatoms. The van der Waals surface area contributed by atoms with Gasteiger partial charge in [-0.1, -0.05) is 42.5 Å². The molecule has 0 aliphatic carbocycles. The summed E-state index contributed by atoms with van der Waals surface area (Å²) in [4.78, 5) is 16.0. The number of aromatic amines is 1. The lowest BCUT2D eigenvalue weighted by molar-refractivity contribution is 0.103. The SMILES string of the molecule is Cc1ccccc1C(=O)c1c(C)[nH]c2ccccc12. The Morgan fingerprint density at radius 2 is 1.63 bits per heavy atom. The van der Waals surface area contributed by atoms with Gasteiger partial charge < -0.3 is 4.98 Å². The van der Waals surface area contributed by atoms with Crippen LogP contribution in [0.3, 0.4) is 0 Å². The third-order valence-corrected chi connectivity index (χ3v) is 3.51. The van der Waals surface area contributed by atoms with Gasteiger partial charge in [-0.3, -0.25) is 4.79 Å². The van der Waals surface area contributed by atoms with Gasteiger partial charge in [-0.15, -0.1) is 0 Å². The Kier molecular flexibility index (Phi) is 2.71. The Morgan fingerprint density at radius 1 is 0.947 bits per heavy atom. The third-order valence-electron chi connectivity index (χ3n) is 3.51. The minimum atomic E-state index is 0.0908. The minimum absolute atomic E-state index is 0.0908. The van der Waals surface area contributed by atoms with E-state index in [1.807, 2.05) is 62.4 Å². The number of aryl methyl sites for hydroxylation is 2. The van der Waals surface area contributed by atoms with Crippen LogP contribution in [0.15, 0.2) is 48.5 Å². The second-order valence-corrected chi connectivity index (χ2v) is 4.81. The molecule has 2 nitrogen and oxygen atoms in total. The number of H-pyrrole nitrogens is 1. The molecule has 0 saturated heterocycles. The molecule has 0 saturated carbocycles. The van der Waals surface area contributed by atoms with E-state index in [0.717, 1.165) is 33.3 Å². The van der Waals surface area contributed by atoms with Crippen LogP contribution >= 0.6 is 0 Å². The fourth-order valence-corrected chi connectivity index (χ4v) is 2.53. The summed E-state index contributed by atoms with van der Waals surface area (Å²) in [5, 5.41) is 0.994. The molecule has 1 heterocycles.